The predicted molar refractivity (Wildman–Crippen MR) is 97.8 cm³/mol. The standard InChI is InChI=1S/C17H15Cl2NO3S/c18-12-6-7-14(19)15(10-12)20-16(21)11-23-17(22)8-9-24-13-4-2-1-3-5-13/h1-7,10H,8-9,11H2,(H,20,21). The van der Waals surface area contributed by atoms with E-state index in [0.29, 0.717) is 21.5 Å². The molecule has 7 heteroatoms. The summed E-state index contributed by atoms with van der Waals surface area (Å²) in [4.78, 5) is 24.5. The maximum atomic E-state index is 11.8. The molecule has 0 spiro atoms. The minimum Gasteiger partial charge on any atom is -0.456 e. The van der Waals surface area contributed by atoms with Crippen LogP contribution in [0.1, 0.15) is 6.42 Å². The molecule has 126 valence electrons. The summed E-state index contributed by atoms with van der Waals surface area (Å²) in [5.74, 6) is -0.307. The largest absolute Gasteiger partial charge is 0.456 e. The average Bonchev–Trinajstić information content (AvgIpc) is 2.57. The first-order chi connectivity index (χ1) is 11.5. The van der Waals surface area contributed by atoms with Crippen molar-refractivity contribution in [2.24, 2.45) is 0 Å². The lowest BCUT2D eigenvalue weighted by molar-refractivity contribution is -0.146. The number of carbonyl (C=O) groups is 2. The van der Waals surface area contributed by atoms with E-state index in [0.717, 1.165) is 4.90 Å². The molecule has 0 saturated carbocycles. The van der Waals surface area contributed by atoms with Crippen LogP contribution >= 0.6 is 35.0 Å². The van der Waals surface area contributed by atoms with Gasteiger partial charge in [-0.2, -0.15) is 0 Å². The van der Waals surface area contributed by atoms with Crippen molar-refractivity contribution in [1.82, 2.24) is 0 Å². The Morgan fingerprint density at radius 1 is 1.08 bits per heavy atom. The number of hydrogen-bond donors (Lipinski definition) is 1. The van der Waals surface area contributed by atoms with Crippen LogP contribution in [0.3, 0.4) is 0 Å². The van der Waals surface area contributed by atoms with E-state index in [1.165, 1.54) is 6.07 Å². The van der Waals surface area contributed by atoms with Crippen molar-refractivity contribution >= 4 is 52.5 Å². The molecule has 2 aromatic carbocycles. The second-order valence-electron chi connectivity index (χ2n) is 4.74. The summed E-state index contributed by atoms with van der Waals surface area (Å²) in [5.41, 5.74) is 0.379. The second kappa shape index (κ2) is 9.57. The Kier molecular flexibility index (Phi) is 7.43. The lowest BCUT2D eigenvalue weighted by atomic mass is 10.3. The molecule has 1 N–H and O–H groups in total. The van der Waals surface area contributed by atoms with Gasteiger partial charge in [-0.3, -0.25) is 9.59 Å². The van der Waals surface area contributed by atoms with Crippen molar-refractivity contribution in [1.29, 1.82) is 0 Å². The maximum Gasteiger partial charge on any atom is 0.307 e. The Hall–Kier alpha value is -1.69. The lowest BCUT2D eigenvalue weighted by Gasteiger charge is -2.08. The Morgan fingerprint density at radius 2 is 1.83 bits per heavy atom. The molecule has 1 amide bonds. The van der Waals surface area contributed by atoms with Crippen molar-refractivity contribution < 1.29 is 14.3 Å². The van der Waals surface area contributed by atoms with Gasteiger partial charge in [0.15, 0.2) is 6.61 Å². The number of esters is 1. The molecule has 0 atom stereocenters. The summed E-state index contributed by atoms with van der Waals surface area (Å²) >= 11 is 13.3. The van der Waals surface area contributed by atoms with E-state index >= 15 is 0 Å². The molecule has 0 aliphatic heterocycles. The Bertz CT molecular complexity index is 710. The number of thioether (sulfide) groups is 1. The number of benzene rings is 2. The SMILES string of the molecule is O=C(COC(=O)CCSc1ccccc1)Nc1cc(Cl)ccc1Cl. The molecular formula is C17H15Cl2NO3S. The molecule has 0 aliphatic carbocycles. The van der Waals surface area contributed by atoms with Crippen molar-refractivity contribution in [3.05, 3.63) is 58.6 Å². The van der Waals surface area contributed by atoms with Gasteiger partial charge in [0.2, 0.25) is 0 Å². The Labute approximate surface area is 154 Å². The Balaban J connectivity index is 1.69. The van der Waals surface area contributed by atoms with Gasteiger partial charge in [-0.1, -0.05) is 41.4 Å². The first-order valence-electron chi connectivity index (χ1n) is 7.13. The highest BCUT2D eigenvalue weighted by molar-refractivity contribution is 7.99. The average molecular weight is 384 g/mol. The molecule has 24 heavy (non-hydrogen) atoms. The van der Waals surface area contributed by atoms with Crippen LogP contribution in [0.2, 0.25) is 10.0 Å². The summed E-state index contributed by atoms with van der Waals surface area (Å²) in [5, 5.41) is 3.36. The monoisotopic (exact) mass is 383 g/mol. The predicted octanol–water partition coefficient (Wildman–Crippen LogP) is 4.66. The van der Waals surface area contributed by atoms with E-state index in [2.05, 4.69) is 5.32 Å². The summed E-state index contributed by atoms with van der Waals surface area (Å²) in [6.07, 6.45) is 0.227. The molecule has 0 bridgehead atoms. The van der Waals surface area contributed by atoms with Gasteiger partial charge in [-0.25, -0.2) is 0 Å². The molecular weight excluding hydrogens is 369 g/mol. The lowest BCUT2D eigenvalue weighted by Crippen LogP contribution is -2.21. The van der Waals surface area contributed by atoms with Gasteiger partial charge in [0, 0.05) is 15.7 Å². The highest BCUT2D eigenvalue weighted by atomic mass is 35.5. The van der Waals surface area contributed by atoms with Crippen molar-refractivity contribution in [2.45, 2.75) is 11.3 Å². The molecule has 0 radical (unpaired) electrons. The molecule has 0 unspecified atom stereocenters. The number of nitrogens with one attached hydrogen (secondary N) is 1. The summed E-state index contributed by atoms with van der Waals surface area (Å²) in [7, 11) is 0. The zero-order valence-corrected chi connectivity index (χ0v) is 15.0. The van der Waals surface area contributed by atoms with Crippen molar-refractivity contribution in [2.75, 3.05) is 17.7 Å². The van der Waals surface area contributed by atoms with Crippen LogP contribution in [0.5, 0.6) is 0 Å². The fraction of sp³-hybridized carbons (Fsp3) is 0.176. The number of carbonyl (C=O) groups excluding carboxylic acids is 2. The first-order valence-corrected chi connectivity index (χ1v) is 8.87. The fourth-order valence-corrected chi connectivity index (χ4v) is 2.96. The van der Waals surface area contributed by atoms with E-state index in [1.54, 1.807) is 23.9 Å². The van der Waals surface area contributed by atoms with Crippen LogP contribution in [-0.4, -0.2) is 24.2 Å². The van der Waals surface area contributed by atoms with Gasteiger partial charge >= 0.3 is 5.97 Å². The molecule has 0 heterocycles. The van der Waals surface area contributed by atoms with Crippen LogP contribution in [0.25, 0.3) is 0 Å². The van der Waals surface area contributed by atoms with Gasteiger partial charge in [0.1, 0.15) is 0 Å². The van der Waals surface area contributed by atoms with E-state index in [9.17, 15) is 9.59 Å². The van der Waals surface area contributed by atoms with Crippen LogP contribution in [0.4, 0.5) is 5.69 Å². The number of anilines is 1. The molecule has 2 aromatic rings. The number of halogens is 2. The zero-order chi connectivity index (χ0) is 17.4. The quantitative estimate of drug-likeness (QED) is 0.557. The maximum absolute atomic E-state index is 11.8. The third kappa shape index (κ3) is 6.43. The third-order valence-corrected chi connectivity index (χ3v) is 4.46. The van der Waals surface area contributed by atoms with Crippen LogP contribution < -0.4 is 5.32 Å². The van der Waals surface area contributed by atoms with Gasteiger partial charge in [0.05, 0.1) is 17.1 Å². The molecule has 0 fully saturated rings. The summed E-state index contributed by atoms with van der Waals surface area (Å²) in [6, 6.07) is 14.5. The van der Waals surface area contributed by atoms with E-state index in [4.69, 9.17) is 27.9 Å². The van der Waals surface area contributed by atoms with Gasteiger partial charge in [0.25, 0.3) is 5.91 Å². The molecule has 2 rings (SSSR count). The highest BCUT2D eigenvalue weighted by Gasteiger charge is 2.10. The first kappa shape index (κ1) is 18.6. The van der Waals surface area contributed by atoms with E-state index < -0.39 is 11.9 Å². The molecule has 0 aliphatic rings. The van der Waals surface area contributed by atoms with Gasteiger partial charge < -0.3 is 10.1 Å². The zero-order valence-electron chi connectivity index (χ0n) is 12.6. The second-order valence-corrected chi connectivity index (χ2v) is 6.76. The normalized spacial score (nSPS) is 10.2. The van der Waals surface area contributed by atoms with E-state index in [-0.39, 0.29) is 13.0 Å². The third-order valence-electron chi connectivity index (χ3n) is 2.88. The fourth-order valence-electron chi connectivity index (χ4n) is 1.77. The minimum absolute atomic E-state index is 0.227. The van der Waals surface area contributed by atoms with Gasteiger partial charge in [-0.15, -0.1) is 11.8 Å². The molecule has 0 aromatic heterocycles. The molecule has 0 saturated heterocycles. The van der Waals surface area contributed by atoms with Crippen LogP contribution in [0, 0.1) is 0 Å². The van der Waals surface area contributed by atoms with Gasteiger partial charge in [-0.05, 0) is 30.3 Å². The molecule has 4 nitrogen and oxygen atoms in total. The van der Waals surface area contributed by atoms with Crippen molar-refractivity contribution in [3.8, 4) is 0 Å². The number of amides is 1. The summed E-state index contributed by atoms with van der Waals surface area (Å²) in [6.45, 7) is -0.363. The summed E-state index contributed by atoms with van der Waals surface area (Å²) < 4.78 is 4.94. The van der Waals surface area contributed by atoms with Crippen LogP contribution in [-0.2, 0) is 14.3 Å². The highest BCUT2D eigenvalue weighted by Crippen LogP contribution is 2.25. The van der Waals surface area contributed by atoms with Crippen LogP contribution in [0.15, 0.2) is 53.4 Å². The number of rotatable bonds is 7. The van der Waals surface area contributed by atoms with Crippen molar-refractivity contribution in [3.63, 3.8) is 0 Å². The smallest absolute Gasteiger partial charge is 0.307 e. The number of ether oxygens (including phenoxy) is 1. The minimum atomic E-state index is -0.469. The number of hydrogen-bond acceptors (Lipinski definition) is 4. The Morgan fingerprint density at radius 3 is 2.58 bits per heavy atom. The van der Waals surface area contributed by atoms with E-state index in [1.807, 2.05) is 30.3 Å². The topological polar surface area (TPSA) is 55.4 Å².